The summed E-state index contributed by atoms with van der Waals surface area (Å²) in [6.07, 6.45) is 5.73. The Hall–Kier alpha value is -0.610. The third-order valence-corrected chi connectivity index (χ3v) is 3.94. The van der Waals surface area contributed by atoms with Gasteiger partial charge in [-0.25, -0.2) is 0 Å². The monoisotopic (exact) mass is 242 g/mol. The van der Waals surface area contributed by atoms with E-state index in [0.29, 0.717) is 6.54 Å². The predicted octanol–water partition coefficient (Wildman–Crippen LogP) is 1.17. The molecule has 1 rings (SSSR count). The molecule has 0 aliphatic heterocycles. The zero-order valence-electron chi connectivity index (χ0n) is 11.0. The van der Waals surface area contributed by atoms with Crippen LogP contribution in [0.2, 0.25) is 0 Å². The summed E-state index contributed by atoms with van der Waals surface area (Å²) in [5, 5.41) is 13.0. The molecule has 0 aromatic carbocycles. The molecule has 0 saturated heterocycles. The van der Waals surface area contributed by atoms with Crippen molar-refractivity contribution in [2.75, 3.05) is 6.54 Å². The van der Waals surface area contributed by atoms with Crippen LogP contribution in [0.1, 0.15) is 52.4 Å². The fourth-order valence-electron chi connectivity index (χ4n) is 2.27. The number of hydrogen-bond donors (Lipinski definition) is 3. The average molecular weight is 242 g/mol. The number of carbonyl (C=O) groups is 1. The molecule has 2 atom stereocenters. The van der Waals surface area contributed by atoms with Crippen LogP contribution in [0.25, 0.3) is 0 Å². The van der Waals surface area contributed by atoms with Crippen LogP contribution >= 0.6 is 0 Å². The van der Waals surface area contributed by atoms with Gasteiger partial charge in [-0.15, -0.1) is 0 Å². The molecule has 4 N–H and O–H groups in total. The maximum Gasteiger partial charge on any atom is 0.237 e. The van der Waals surface area contributed by atoms with Gasteiger partial charge in [-0.3, -0.25) is 4.79 Å². The van der Waals surface area contributed by atoms with Gasteiger partial charge < -0.3 is 16.2 Å². The smallest absolute Gasteiger partial charge is 0.237 e. The maximum absolute atomic E-state index is 11.8. The van der Waals surface area contributed by atoms with Gasteiger partial charge in [0.25, 0.3) is 0 Å². The van der Waals surface area contributed by atoms with Gasteiger partial charge in [-0.1, -0.05) is 39.5 Å². The van der Waals surface area contributed by atoms with Gasteiger partial charge >= 0.3 is 0 Å². The zero-order valence-corrected chi connectivity index (χ0v) is 11.0. The number of aliphatic hydroxyl groups is 1. The van der Waals surface area contributed by atoms with Crippen molar-refractivity contribution in [2.24, 2.45) is 11.7 Å². The van der Waals surface area contributed by atoms with Crippen molar-refractivity contribution < 1.29 is 9.90 Å². The molecule has 0 unspecified atom stereocenters. The maximum atomic E-state index is 11.8. The van der Waals surface area contributed by atoms with Crippen LogP contribution in [0.3, 0.4) is 0 Å². The second-order valence-electron chi connectivity index (χ2n) is 5.41. The first-order valence-electron chi connectivity index (χ1n) is 6.74. The number of amides is 1. The van der Waals surface area contributed by atoms with Gasteiger partial charge in [0.05, 0.1) is 11.6 Å². The summed E-state index contributed by atoms with van der Waals surface area (Å²) < 4.78 is 0. The lowest BCUT2D eigenvalue weighted by atomic mass is 9.85. The Balaban J connectivity index is 2.36. The van der Waals surface area contributed by atoms with Crippen molar-refractivity contribution in [3.05, 3.63) is 0 Å². The molecule has 0 spiro atoms. The lowest BCUT2D eigenvalue weighted by Gasteiger charge is -2.32. The van der Waals surface area contributed by atoms with E-state index < -0.39 is 11.6 Å². The Kier molecular flexibility index (Phi) is 5.40. The van der Waals surface area contributed by atoms with Crippen molar-refractivity contribution in [1.29, 1.82) is 0 Å². The number of hydrogen-bond acceptors (Lipinski definition) is 3. The molecule has 1 saturated carbocycles. The Morgan fingerprint density at radius 3 is 2.53 bits per heavy atom. The minimum atomic E-state index is -0.705. The summed E-state index contributed by atoms with van der Waals surface area (Å²) in [6, 6.07) is -0.466. The Labute approximate surface area is 104 Å². The van der Waals surface area contributed by atoms with Gasteiger partial charge in [-0.2, -0.15) is 0 Å². The third kappa shape index (κ3) is 4.28. The minimum absolute atomic E-state index is 0.140. The normalized spacial score (nSPS) is 22.8. The molecule has 4 nitrogen and oxygen atoms in total. The summed E-state index contributed by atoms with van der Waals surface area (Å²) >= 11 is 0. The van der Waals surface area contributed by atoms with E-state index in [-0.39, 0.29) is 11.8 Å². The van der Waals surface area contributed by atoms with Gasteiger partial charge in [0.1, 0.15) is 0 Å². The highest BCUT2D eigenvalue weighted by molar-refractivity contribution is 5.81. The van der Waals surface area contributed by atoms with Crippen molar-refractivity contribution in [3.8, 4) is 0 Å². The molecule has 1 amide bonds. The summed E-state index contributed by atoms with van der Waals surface area (Å²) in [5.41, 5.74) is 5.13. The standard InChI is InChI=1S/C13H26N2O2/c1-3-10(2)11(14)12(16)15-9-13(17)7-5-4-6-8-13/h10-11,17H,3-9,14H2,1-2H3,(H,15,16)/t10-,11-/m0/s1. The molecule has 0 bridgehead atoms. The molecule has 1 aliphatic rings. The minimum Gasteiger partial charge on any atom is -0.388 e. The quantitative estimate of drug-likeness (QED) is 0.677. The van der Waals surface area contributed by atoms with E-state index in [4.69, 9.17) is 5.73 Å². The predicted molar refractivity (Wildman–Crippen MR) is 68.5 cm³/mol. The highest BCUT2D eigenvalue weighted by atomic mass is 16.3. The molecule has 0 aromatic heterocycles. The van der Waals surface area contributed by atoms with Gasteiger partial charge in [-0.05, 0) is 18.8 Å². The number of nitrogens with two attached hydrogens (primary N) is 1. The molecule has 0 heterocycles. The molecule has 0 radical (unpaired) electrons. The highest BCUT2D eigenvalue weighted by Gasteiger charge is 2.30. The molecule has 1 fully saturated rings. The number of nitrogens with one attached hydrogen (secondary N) is 1. The van der Waals surface area contributed by atoms with E-state index in [0.717, 1.165) is 32.1 Å². The van der Waals surface area contributed by atoms with Crippen LogP contribution in [0.4, 0.5) is 0 Å². The van der Waals surface area contributed by atoms with Crippen molar-refractivity contribution in [3.63, 3.8) is 0 Å². The third-order valence-electron chi connectivity index (χ3n) is 3.94. The van der Waals surface area contributed by atoms with E-state index in [1.165, 1.54) is 6.42 Å². The Morgan fingerprint density at radius 1 is 1.41 bits per heavy atom. The van der Waals surface area contributed by atoms with Crippen molar-refractivity contribution >= 4 is 5.91 Å². The fourth-order valence-corrected chi connectivity index (χ4v) is 2.27. The number of carbonyl (C=O) groups excluding carboxylic acids is 1. The van der Waals surface area contributed by atoms with Crippen molar-refractivity contribution in [2.45, 2.75) is 64.0 Å². The van der Waals surface area contributed by atoms with E-state index in [9.17, 15) is 9.90 Å². The second-order valence-corrected chi connectivity index (χ2v) is 5.41. The van der Waals surface area contributed by atoms with Crippen LogP contribution in [0.15, 0.2) is 0 Å². The largest absolute Gasteiger partial charge is 0.388 e. The van der Waals surface area contributed by atoms with Crippen LogP contribution < -0.4 is 11.1 Å². The molecular formula is C13H26N2O2. The van der Waals surface area contributed by atoms with Crippen LogP contribution in [0.5, 0.6) is 0 Å². The van der Waals surface area contributed by atoms with Crippen LogP contribution in [0, 0.1) is 5.92 Å². The summed E-state index contributed by atoms with van der Waals surface area (Å²) in [6.45, 7) is 4.34. The van der Waals surface area contributed by atoms with E-state index >= 15 is 0 Å². The SMILES string of the molecule is CC[C@H](C)[C@H](N)C(=O)NCC1(O)CCCCC1. The average Bonchev–Trinajstić information content (AvgIpc) is 2.35. The zero-order chi connectivity index (χ0) is 12.9. The van der Waals surface area contributed by atoms with Gasteiger partial charge in [0.15, 0.2) is 0 Å². The molecule has 17 heavy (non-hydrogen) atoms. The van der Waals surface area contributed by atoms with E-state index in [2.05, 4.69) is 5.32 Å². The summed E-state index contributed by atoms with van der Waals surface area (Å²) in [4.78, 5) is 11.8. The van der Waals surface area contributed by atoms with Crippen LogP contribution in [-0.4, -0.2) is 29.2 Å². The first-order chi connectivity index (χ1) is 7.98. The fraction of sp³-hybridized carbons (Fsp3) is 0.923. The summed E-state index contributed by atoms with van der Waals surface area (Å²) in [5.74, 6) is 0.0364. The van der Waals surface area contributed by atoms with E-state index in [1.54, 1.807) is 0 Å². The molecule has 1 aliphatic carbocycles. The second kappa shape index (κ2) is 6.36. The number of rotatable bonds is 5. The summed E-state index contributed by atoms with van der Waals surface area (Å²) in [7, 11) is 0. The van der Waals surface area contributed by atoms with E-state index in [1.807, 2.05) is 13.8 Å². The van der Waals surface area contributed by atoms with Crippen molar-refractivity contribution in [1.82, 2.24) is 5.32 Å². The first-order valence-corrected chi connectivity index (χ1v) is 6.74. The topological polar surface area (TPSA) is 75.4 Å². The van der Waals surface area contributed by atoms with Crippen LogP contribution in [-0.2, 0) is 4.79 Å². The molecular weight excluding hydrogens is 216 g/mol. The Morgan fingerprint density at radius 2 is 2.00 bits per heavy atom. The van der Waals surface area contributed by atoms with Gasteiger partial charge in [0, 0.05) is 6.54 Å². The molecule has 4 heteroatoms. The Bertz CT molecular complexity index is 250. The molecule has 0 aromatic rings. The van der Waals surface area contributed by atoms with Gasteiger partial charge in [0.2, 0.25) is 5.91 Å². The highest BCUT2D eigenvalue weighted by Crippen LogP contribution is 2.27. The first kappa shape index (κ1) is 14.5. The molecule has 100 valence electrons. The lowest BCUT2D eigenvalue weighted by molar-refractivity contribution is -0.125. The lowest BCUT2D eigenvalue weighted by Crippen LogP contribution is -2.50.